The molecule has 0 aromatic heterocycles. The van der Waals surface area contributed by atoms with E-state index in [9.17, 15) is 0 Å². The number of hydrogen-bond donors (Lipinski definition) is 1. The topological polar surface area (TPSA) is 58.2 Å². The Morgan fingerprint density at radius 2 is 1.49 bits per heavy atom. The minimum Gasteiger partial charge on any atom is -0.489 e. The highest BCUT2D eigenvalue weighted by Crippen LogP contribution is 2.40. The number of fused-ring (bicyclic) bond motifs is 1. The first-order valence-corrected chi connectivity index (χ1v) is 13.9. The van der Waals surface area contributed by atoms with Gasteiger partial charge in [0, 0.05) is 13.2 Å². The van der Waals surface area contributed by atoms with E-state index in [0.717, 1.165) is 70.9 Å². The predicted octanol–water partition coefficient (Wildman–Crippen LogP) is 7.31. The lowest BCUT2D eigenvalue weighted by molar-refractivity contribution is 0.0511. The molecule has 1 N–H and O–H groups in total. The van der Waals surface area contributed by atoms with Crippen molar-refractivity contribution >= 4 is 11.1 Å². The molecule has 2 atom stereocenters. The standard InChI is InChI=1S/C33H41NO5/c1-6-9-30(29(8-3)34-4)39-27-17-12-24(13-18-27)33(23-10-15-26(16-11-23)36-21-35-5)28(7-2)25-14-19-31-32(20-25)38-22-37-31/h10-20,29-30,34H,6-9,21-22H2,1-5H3. The maximum Gasteiger partial charge on any atom is 0.231 e. The van der Waals surface area contributed by atoms with Crippen LogP contribution >= 0.6 is 0 Å². The summed E-state index contributed by atoms with van der Waals surface area (Å²) in [6, 6.07) is 23.1. The van der Waals surface area contributed by atoms with Gasteiger partial charge < -0.3 is 29.0 Å². The highest BCUT2D eigenvalue weighted by Gasteiger charge is 2.21. The van der Waals surface area contributed by atoms with Crippen molar-refractivity contribution in [1.82, 2.24) is 5.32 Å². The summed E-state index contributed by atoms with van der Waals surface area (Å²) in [6.07, 6.45) is 4.08. The van der Waals surface area contributed by atoms with Crippen LogP contribution in [0.15, 0.2) is 66.7 Å². The van der Waals surface area contributed by atoms with Gasteiger partial charge in [-0.25, -0.2) is 0 Å². The van der Waals surface area contributed by atoms with Crippen LogP contribution in [-0.4, -0.2) is 39.9 Å². The van der Waals surface area contributed by atoms with Crippen LogP contribution in [0.25, 0.3) is 11.1 Å². The quantitative estimate of drug-likeness (QED) is 0.174. The van der Waals surface area contributed by atoms with Gasteiger partial charge in [0.2, 0.25) is 6.79 Å². The number of allylic oxidation sites excluding steroid dienone is 1. The summed E-state index contributed by atoms with van der Waals surface area (Å²) in [4.78, 5) is 0. The summed E-state index contributed by atoms with van der Waals surface area (Å²) >= 11 is 0. The fourth-order valence-electron chi connectivity index (χ4n) is 5.12. The molecule has 6 heteroatoms. The molecule has 6 nitrogen and oxygen atoms in total. The van der Waals surface area contributed by atoms with Crippen LogP contribution in [0.1, 0.15) is 63.1 Å². The van der Waals surface area contributed by atoms with Crippen molar-refractivity contribution in [3.05, 3.63) is 83.4 Å². The molecule has 0 amide bonds. The molecule has 0 saturated heterocycles. The molecule has 1 aliphatic rings. The Morgan fingerprint density at radius 1 is 0.846 bits per heavy atom. The lowest BCUT2D eigenvalue weighted by atomic mass is 9.88. The molecule has 39 heavy (non-hydrogen) atoms. The third-order valence-corrected chi connectivity index (χ3v) is 7.13. The first-order valence-electron chi connectivity index (χ1n) is 13.9. The summed E-state index contributed by atoms with van der Waals surface area (Å²) in [5.41, 5.74) is 5.72. The van der Waals surface area contributed by atoms with Crippen molar-refractivity contribution in [3.8, 4) is 23.0 Å². The maximum absolute atomic E-state index is 6.48. The number of nitrogens with one attached hydrogen (secondary N) is 1. The number of hydrogen-bond acceptors (Lipinski definition) is 6. The van der Waals surface area contributed by atoms with E-state index in [-0.39, 0.29) is 19.7 Å². The van der Waals surface area contributed by atoms with E-state index >= 15 is 0 Å². The molecule has 0 radical (unpaired) electrons. The SMILES string of the molecule is CCCC(Oc1ccc(C(=C(CC)c2ccc3c(c2)OCO3)c2ccc(OCOC)cc2)cc1)C(CC)NC. The lowest BCUT2D eigenvalue weighted by Gasteiger charge is -2.27. The van der Waals surface area contributed by atoms with E-state index in [1.165, 1.54) is 5.57 Å². The zero-order valence-electron chi connectivity index (χ0n) is 23.8. The molecule has 208 valence electrons. The van der Waals surface area contributed by atoms with Crippen LogP contribution < -0.4 is 24.3 Å². The maximum atomic E-state index is 6.48. The minimum atomic E-state index is 0.130. The molecule has 1 aliphatic heterocycles. The van der Waals surface area contributed by atoms with Gasteiger partial charge in [-0.3, -0.25) is 0 Å². The Morgan fingerprint density at radius 3 is 2.08 bits per heavy atom. The van der Waals surface area contributed by atoms with Gasteiger partial charge in [0.15, 0.2) is 18.3 Å². The van der Waals surface area contributed by atoms with Gasteiger partial charge in [0.1, 0.15) is 17.6 Å². The largest absolute Gasteiger partial charge is 0.489 e. The number of ether oxygens (including phenoxy) is 5. The van der Waals surface area contributed by atoms with Crippen LogP contribution in [0.2, 0.25) is 0 Å². The van der Waals surface area contributed by atoms with Gasteiger partial charge in [-0.05, 0) is 90.5 Å². The smallest absolute Gasteiger partial charge is 0.231 e. The van der Waals surface area contributed by atoms with E-state index in [1.807, 2.05) is 25.2 Å². The van der Waals surface area contributed by atoms with Crippen LogP contribution in [0.4, 0.5) is 0 Å². The molecule has 0 aliphatic carbocycles. The van der Waals surface area contributed by atoms with Crippen molar-refractivity contribution in [1.29, 1.82) is 0 Å². The first kappa shape index (κ1) is 28.5. The minimum absolute atomic E-state index is 0.130. The molecule has 2 unspecified atom stereocenters. The first-order chi connectivity index (χ1) is 19.1. The zero-order chi connectivity index (χ0) is 27.6. The summed E-state index contributed by atoms with van der Waals surface area (Å²) in [5, 5.41) is 3.41. The predicted molar refractivity (Wildman–Crippen MR) is 157 cm³/mol. The third-order valence-electron chi connectivity index (χ3n) is 7.13. The third kappa shape index (κ3) is 6.94. The van der Waals surface area contributed by atoms with Crippen molar-refractivity contribution in [2.24, 2.45) is 0 Å². The molecule has 3 aromatic rings. The Balaban J connectivity index is 1.73. The van der Waals surface area contributed by atoms with E-state index in [4.69, 9.17) is 23.7 Å². The lowest BCUT2D eigenvalue weighted by Crippen LogP contribution is -2.40. The van der Waals surface area contributed by atoms with Crippen molar-refractivity contribution in [2.45, 2.75) is 58.6 Å². The highest BCUT2D eigenvalue weighted by atomic mass is 16.7. The second kappa shape index (κ2) is 14.1. The van der Waals surface area contributed by atoms with Gasteiger partial charge in [0.05, 0.1) is 0 Å². The molecule has 0 fully saturated rings. The Kier molecular flexibility index (Phi) is 10.3. The molecule has 0 saturated carbocycles. The van der Waals surface area contributed by atoms with Crippen molar-refractivity contribution in [2.75, 3.05) is 27.7 Å². The van der Waals surface area contributed by atoms with Gasteiger partial charge in [0.25, 0.3) is 0 Å². The molecular weight excluding hydrogens is 490 g/mol. The average Bonchev–Trinajstić information content (AvgIpc) is 3.44. The monoisotopic (exact) mass is 531 g/mol. The van der Waals surface area contributed by atoms with Gasteiger partial charge in [-0.15, -0.1) is 0 Å². The summed E-state index contributed by atoms with van der Waals surface area (Å²) < 4.78 is 28.4. The molecule has 4 rings (SSSR count). The fourth-order valence-corrected chi connectivity index (χ4v) is 5.12. The zero-order valence-corrected chi connectivity index (χ0v) is 23.8. The normalized spacial score (nSPS) is 14.5. The second-order valence-corrected chi connectivity index (χ2v) is 9.62. The van der Waals surface area contributed by atoms with Crippen molar-refractivity contribution < 1.29 is 23.7 Å². The van der Waals surface area contributed by atoms with Crippen molar-refractivity contribution in [3.63, 3.8) is 0 Å². The Bertz CT molecular complexity index is 1220. The highest BCUT2D eigenvalue weighted by molar-refractivity contribution is 5.99. The molecule has 3 aromatic carbocycles. The van der Waals surface area contributed by atoms with Gasteiger partial charge in [-0.2, -0.15) is 0 Å². The number of likely N-dealkylation sites (N-methyl/N-ethyl adjacent to an activating group) is 1. The molecular formula is C33H41NO5. The summed E-state index contributed by atoms with van der Waals surface area (Å²) in [5.74, 6) is 3.21. The Labute approximate surface area is 232 Å². The van der Waals surface area contributed by atoms with E-state index < -0.39 is 0 Å². The van der Waals surface area contributed by atoms with E-state index in [1.54, 1.807) is 7.11 Å². The molecule has 0 bridgehead atoms. The van der Waals surface area contributed by atoms with Gasteiger partial charge >= 0.3 is 0 Å². The number of methoxy groups -OCH3 is 1. The van der Waals surface area contributed by atoms with Crippen LogP contribution in [0.3, 0.4) is 0 Å². The molecule has 1 heterocycles. The molecule has 0 spiro atoms. The van der Waals surface area contributed by atoms with Crippen LogP contribution in [0.5, 0.6) is 23.0 Å². The van der Waals surface area contributed by atoms with Crippen LogP contribution in [0, 0.1) is 0 Å². The number of rotatable bonds is 14. The second-order valence-electron chi connectivity index (χ2n) is 9.62. The summed E-state index contributed by atoms with van der Waals surface area (Å²) in [7, 11) is 3.63. The van der Waals surface area contributed by atoms with E-state index in [0.29, 0.717) is 6.04 Å². The number of benzene rings is 3. The summed E-state index contributed by atoms with van der Waals surface area (Å²) in [6.45, 7) is 7.05. The Hall–Kier alpha value is -3.48. The van der Waals surface area contributed by atoms with E-state index in [2.05, 4.69) is 74.6 Å². The average molecular weight is 532 g/mol. The van der Waals surface area contributed by atoms with Crippen LogP contribution in [-0.2, 0) is 4.74 Å². The van der Waals surface area contributed by atoms with Gasteiger partial charge in [-0.1, -0.05) is 57.5 Å². The fraction of sp³-hybridized carbons (Fsp3) is 0.394.